The zero-order valence-corrected chi connectivity index (χ0v) is 13.3. The lowest BCUT2D eigenvalue weighted by Gasteiger charge is -2.22. The van der Waals surface area contributed by atoms with E-state index in [1.165, 1.54) is 12.0 Å². The summed E-state index contributed by atoms with van der Waals surface area (Å²) in [4.78, 5) is 0. The summed E-state index contributed by atoms with van der Waals surface area (Å²) >= 11 is 0. The molecule has 2 atom stereocenters. The van der Waals surface area contributed by atoms with Gasteiger partial charge in [-0.3, -0.25) is 0 Å². The average molecular weight is 279 g/mol. The summed E-state index contributed by atoms with van der Waals surface area (Å²) in [5.74, 6) is 1.55. The molecular formula is C17H29NO2. The Labute approximate surface area is 123 Å². The van der Waals surface area contributed by atoms with Crippen molar-refractivity contribution < 1.29 is 9.47 Å². The van der Waals surface area contributed by atoms with Gasteiger partial charge in [0, 0.05) is 7.11 Å². The van der Waals surface area contributed by atoms with Gasteiger partial charge in [0.1, 0.15) is 5.75 Å². The second-order valence-electron chi connectivity index (χ2n) is 5.37. The van der Waals surface area contributed by atoms with E-state index in [0.29, 0.717) is 5.92 Å². The third kappa shape index (κ3) is 5.93. The van der Waals surface area contributed by atoms with Crippen molar-refractivity contribution in [3.63, 3.8) is 0 Å². The molecule has 0 amide bonds. The summed E-state index contributed by atoms with van der Waals surface area (Å²) < 4.78 is 10.9. The van der Waals surface area contributed by atoms with E-state index < -0.39 is 0 Å². The molecule has 0 saturated carbocycles. The van der Waals surface area contributed by atoms with E-state index in [0.717, 1.165) is 31.7 Å². The molecule has 20 heavy (non-hydrogen) atoms. The van der Waals surface area contributed by atoms with Crippen LogP contribution in [0.2, 0.25) is 0 Å². The quantitative estimate of drug-likeness (QED) is 0.667. The van der Waals surface area contributed by atoms with E-state index in [9.17, 15) is 0 Å². The Morgan fingerprint density at radius 3 is 2.60 bits per heavy atom. The molecule has 0 aliphatic carbocycles. The number of hydrogen-bond acceptors (Lipinski definition) is 3. The Bertz CT molecular complexity index is 368. The minimum absolute atomic E-state index is 0.290. The van der Waals surface area contributed by atoms with Gasteiger partial charge in [0.25, 0.3) is 0 Å². The highest BCUT2D eigenvalue weighted by atomic mass is 16.5. The van der Waals surface area contributed by atoms with Gasteiger partial charge in [0.2, 0.25) is 0 Å². The first-order chi connectivity index (χ1) is 9.71. The second kappa shape index (κ2) is 9.78. The summed E-state index contributed by atoms with van der Waals surface area (Å²) in [5, 5.41) is 3.53. The first kappa shape index (κ1) is 17.0. The summed E-state index contributed by atoms with van der Waals surface area (Å²) in [7, 11) is 3.52. The molecule has 0 aliphatic heterocycles. The molecule has 0 spiro atoms. The van der Waals surface area contributed by atoms with Crippen LogP contribution >= 0.6 is 0 Å². The van der Waals surface area contributed by atoms with Gasteiger partial charge in [-0.15, -0.1) is 0 Å². The van der Waals surface area contributed by atoms with Crippen LogP contribution in [0.15, 0.2) is 24.3 Å². The summed E-state index contributed by atoms with van der Waals surface area (Å²) in [6, 6.07) is 8.29. The lowest BCUT2D eigenvalue weighted by atomic mass is 9.93. The molecule has 0 radical (unpaired) electrons. The van der Waals surface area contributed by atoms with Gasteiger partial charge in [-0.05, 0) is 56.8 Å². The molecule has 3 heteroatoms. The van der Waals surface area contributed by atoms with Gasteiger partial charge in [0.05, 0.1) is 13.2 Å². The Balaban J connectivity index is 2.66. The molecular weight excluding hydrogens is 250 g/mol. The molecule has 0 bridgehead atoms. The molecule has 3 nitrogen and oxygen atoms in total. The summed E-state index contributed by atoms with van der Waals surface area (Å²) in [5.41, 5.74) is 1.28. The number of nitrogens with one attached hydrogen (secondary N) is 1. The molecule has 2 unspecified atom stereocenters. The zero-order valence-electron chi connectivity index (χ0n) is 13.3. The maximum absolute atomic E-state index is 5.45. The Morgan fingerprint density at radius 1 is 1.20 bits per heavy atom. The first-order valence-electron chi connectivity index (χ1n) is 7.56. The van der Waals surface area contributed by atoms with Gasteiger partial charge in [-0.2, -0.15) is 0 Å². The molecule has 0 heterocycles. The minimum atomic E-state index is 0.290. The van der Waals surface area contributed by atoms with Crippen molar-refractivity contribution in [3.8, 4) is 5.75 Å². The minimum Gasteiger partial charge on any atom is -0.496 e. The maximum atomic E-state index is 5.45. The number of ether oxygens (including phenoxy) is 2. The average Bonchev–Trinajstić information content (AvgIpc) is 2.47. The highest BCUT2D eigenvalue weighted by molar-refractivity contribution is 5.33. The fourth-order valence-electron chi connectivity index (χ4n) is 2.47. The molecule has 114 valence electrons. The van der Waals surface area contributed by atoms with Crippen molar-refractivity contribution in [2.45, 2.75) is 39.2 Å². The molecule has 1 aromatic carbocycles. The van der Waals surface area contributed by atoms with Crippen LogP contribution in [0.4, 0.5) is 0 Å². The largest absolute Gasteiger partial charge is 0.496 e. The molecule has 1 aromatic rings. The standard InChI is InChI=1S/C17H29NO2/c1-5-10-18-13-15(11-14(2)19-3)12-16-8-6-7-9-17(16)20-4/h6-9,14-15,18H,5,10-13H2,1-4H3. The van der Waals surface area contributed by atoms with Crippen LogP contribution in [0.3, 0.4) is 0 Å². The lowest BCUT2D eigenvalue weighted by molar-refractivity contribution is 0.0945. The number of rotatable bonds is 10. The van der Waals surface area contributed by atoms with Gasteiger partial charge in [-0.25, -0.2) is 0 Å². The van der Waals surface area contributed by atoms with Gasteiger partial charge in [0.15, 0.2) is 0 Å². The van der Waals surface area contributed by atoms with Crippen molar-refractivity contribution in [1.29, 1.82) is 0 Å². The third-order valence-corrected chi connectivity index (χ3v) is 3.63. The van der Waals surface area contributed by atoms with E-state index in [2.05, 4.69) is 31.3 Å². The van der Waals surface area contributed by atoms with Crippen LogP contribution < -0.4 is 10.1 Å². The lowest BCUT2D eigenvalue weighted by Crippen LogP contribution is -2.28. The van der Waals surface area contributed by atoms with Crippen LogP contribution in [0.25, 0.3) is 0 Å². The molecule has 0 aromatic heterocycles. The maximum Gasteiger partial charge on any atom is 0.122 e. The first-order valence-corrected chi connectivity index (χ1v) is 7.56. The van der Waals surface area contributed by atoms with E-state index in [4.69, 9.17) is 9.47 Å². The van der Waals surface area contributed by atoms with Crippen molar-refractivity contribution in [3.05, 3.63) is 29.8 Å². The summed E-state index contributed by atoms with van der Waals surface area (Å²) in [6.07, 6.45) is 3.54. The van der Waals surface area contributed by atoms with Crippen molar-refractivity contribution in [2.75, 3.05) is 27.3 Å². The number of benzene rings is 1. The van der Waals surface area contributed by atoms with E-state index in [1.807, 2.05) is 12.1 Å². The molecule has 1 N–H and O–H groups in total. The number of hydrogen-bond donors (Lipinski definition) is 1. The van der Waals surface area contributed by atoms with Crippen LogP contribution in [0.5, 0.6) is 5.75 Å². The van der Waals surface area contributed by atoms with Gasteiger partial charge in [-0.1, -0.05) is 25.1 Å². The van der Waals surface area contributed by atoms with Crippen LogP contribution in [-0.2, 0) is 11.2 Å². The number of para-hydroxylation sites is 1. The fourth-order valence-corrected chi connectivity index (χ4v) is 2.47. The van der Waals surface area contributed by atoms with E-state index >= 15 is 0 Å². The van der Waals surface area contributed by atoms with E-state index in [1.54, 1.807) is 14.2 Å². The highest BCUT2D eigenvalue weighted by Gasteiger charge is 2.15. The summed E-state index contributed by atoms with van der Waals surface area (Å²) in [6.45, 7) is 6.43. The Hall–Kier alpha value is -1.06. The van der Waals surface area contributed by atoms with Crippen LogP contribution in [0.1, 0.15) is 32.3 Å². The fraction of sp³-hybridized carbons (Fsp3) is 0.647. The second-order valence-corrected chi connectivity index (χ2v) is 5.37. The molecule has 0 fully saturated rings. The third-order valence-electron chi connectivity index (χ3n) is 3.63. The predicted octanol–water partition coefficient (Wildman–Crippen LogP) is 3.28. The Morgan fingerprint density at radius 2 is 1.95 bits per heavy atom. The van der Waals surface area contributed by atoms with Crippen molar-refractivity contribution >= 4 is 0 Å². The molecule has 1 rings (SSSR count). The van der Waals surface area contributed by atoms with E-state index in [-0.39, 0.29) is 6.10 Å². The smallest absolute Gasteiger partial charge is 0.122 e. The van der Waals surface area contributed by atoms with Crippen molar-refractivity contribution in [2.24, 2.45) is 5.92 Å². The van der Waals surface area contributed by atoms with Crippen LogP contribution in [-0.4, -0.2) is 33.4 Å². The van der Waals surface area contributed by atoms with Gasteiger partial charge >= 0.3 is 0 Å². The molecule has 0 aliphatic rings. The van der Waals surface area contributed by atoms with Crippen LogP contribution in [0, 0.1) is 5.92 Å². The monoisotopic (exact) mass is 279 g/mol. The number of methoxy groups -OCH3 is 2. The van der Waals surface area contributed by atoms with Crippen molar-refractivity contribution in [1.82, 2.24) is 5.32 Å². The normalized spacial score (nSPS) is 14.0. The zero-order chi connectivity index (χ0) is 14.8. The van der Waals surface area contributed by atoms with Gasteiger partial charge < -0.3 is 14.8 Å². The predicted molar refractivity (Wildman–Crippen MR) is 84.4 cm³/mol. The molecule has 0 saturated heterocycles. The highest BCUT2D eigenvalue weighted by Crippen LogP contribution is 2.23. The topological polar surface area (TPSA) is 30.5 Å². The Kier molecular flexibility index (Phi) is 8.31. The SMILES string of the molecule is CCCNCC(Cc1ccccc1OC)CC(C)OC.